The fraction of sp³-hybridized carbons (Fsp3) is 0.833. The van der Waals surface area contributed by atoms with E-state index in [9.17, 15) is 9.59 Å². The first-order valence-corrected chi connectivity index (χ1v) is 5.68. The Morgan fingerprint density at radius 1 is 1.12 bits per heavy atom. The van der Waals surface area contributed by atoms with Gasteiger partial charge in [0.15, 0.2) is 0 Å². The molecule has 0 saturated carbocycles. The number of ether oxygens (including phenoxy) is 2. The predicted molar refractivity (Wildman–Crippen MR) is 64.6 cm³/mol. The van der Waals surface area contributed by atoms with Gasteiger partial charge < -0.3 is 9.47 Å². The Labute approximate surface area is 103 Å². The van der Waals surface area contributed by atoms with Gasteiger partial charge in [0, 0.05) is 6.04 Å². The molecule has 0 fully saturated rings. The van der Waals surface area contributed by atoms with Crippen molar-refractivity contribution in [2.24, 2.45) is 0 Å². The van der Waals surface area contributed by atoms with Gasteiger partial charge in [0.1, 0.15) is 5.60 Å². The molecule has 0 radical (unpaired) electrons. The van der Waals surface area contributed by atoms with Crippen LogP contribution in [0.3, 0.4) is 0 Å². The van der Waals surface area contributed by atoms with Crippen molar-refractivity contribution in [2.75, 3.05) is 20.2 Å². The molecule has 0 amide bonds. The third-order valence-electron chi connectivity index (χ3n) is 2.04. The molecule has 0 heterocycles. The van der Waals surface area contributed by atoms with Crippen LogP contribution in [0.25, 0.3) is 0 Å². The number of hydrogen-bond donors (Lipinski definition) is 0. The Morgan fingerprint density at radius 2 is 1.59 bits per heavy atom. The van der Waals surface area contributed by atoms with Gasteiger partial charge in [0.2, 0.25) is 0 Å². The van der Waals surface area contributed by atoms with E-state index < -0.39 is 5.60 Å². The molecule has 0 bridgehead atoms. The first-order valence-electron chi connectivity index (χ1n) is 5.68. The summed E-state index contributed by atoms with van der Waals surface area (Å²) < 4.78 is 9.78. The summed E-state index contributed by atoms with van der Waals surface area (Å²) in [4.78, 5) is 24.5. The van der Waals surface area contributed by atoms with Crippen LogP contribution in [0.1, 0.15) is 34.6 Å². The molecular formula is C12H23NO4. The van der Waals surface area contributed by atoms with Gasteiger partial charge in [-0.15, -0.1) is 0 Å². The van der Waals surface area contributed by atoms with E-state index in [1.54, 1.807) is 4.90 Å². The van der Waals surface area contributed by atoms with E-state index in [1.165, 1.54) is 7.11 Å². The van der Waals surface area contributed by atoms with E-state index in [0.717, 1.165) is 0 Å². The fourth-order valence-electron chi connectivity index (χ4n) is 1.19. The van der Waals surface area contributed by atoms with Crippen molar-refractivity contribution in [3.8, 4) is 0 Å². The van der Waals surface area contributed by atoms with Crippen molar-refractivity contribution in [3.05, 3.63) is 0 Å². The predicted octanol–water partition coefficient (Wildman–Crippen LogP) is 1.21. The summed E-state index contributed by atoms with van der Waals surface area (Å²) in [5.41, 5.74) is -0.509. The number of carbonyl (C=O) groups excluding carboxylic acids is 2. The van der Waals surface area contributed by atoms with Crippen LogP contribution in [0.15, 0.2) is 0 Å². The molecule has 0 aliphatic carbocycles. The fourth-order valence-corrected chi connectivity index (χ4v) is 1.19. The lowest BCUT2D eigenvalue weighted by Crippen LogP contribution is -2.41. The second-order valence-corrected chi connectivity index (χ2v) is 5.16. The van der Waals surface area contributed by atoms with Gasteiger partial charge in [-0.1, -0.05) is 0 Å². The van der Waals surface area contributed by atoms with Crippen LogP contribution < -0.4 is 0 Å². The minimum Gasteiger partial charge on any atom is -0.468 e. The van der Waals surface area contributed by atoms with E-state index in [4.69, 9.17) is 4.74 Å². The second-order valence-electron chi connectivity index (χ2n) is 5.16. The number of hydrogen-bond acceptors (Lipinski definition) is 5. The first-order chi connectivity index (χ1) is 7.65. The molecule has 0 aliphatic rings. The molecule has 5 nitrogen and oxygen atoms in total. The van der Waals surface area contributed by atoms with Crippen LogP contribution in [0.4, 0.5) is 0 Å². The lowest BCUT2D eigenvalue weighted by molar-refractivity contribution is -0.157. The van der Waals surface area contributed by atoms with E-state index in [0.29, 0.717) is 0 Å². The summed E-state index contributed by atoms with van der Waals surface area (Å²) >= 11 is 0. The lowest BCUT2D eigenvalue weighted by atomic mass is 10.2. The molecule has 5 heteroatoms. The second kappa shape index (κ2) is 6.59. The van der Waals surface area contributed by atoms with Gasteiger partial charge in [-0.05, 0) is 34.6 Å². The zero-order valence-corrected chi connectivity index (χ0v) is 11.6. The summed E-state index contributed by atoms with van der Waals surface area (Å²) in [6.07, 6.45) is 0. The molecule has 0 spiro atoms. The number of nitrogens with zero attached hydrogens (tertiary/aromatic N) is 1. The van der Waals surface area contributed by atoms with Crippen LogP contribution in [0, 0.1) is 0 Å². The zero-order valence-electron chi connectivity index (χ0n) is 11.6. The highest BCUT2D eigenvalue weighted by Gasteiger charge is 2.22. The molecule has 0 N–H and O–H groups in total. The monoisotopic (exact) mass is 245 g/mol. The maximum atomic E-state index is 11.6. The van der Waals surface area contributed by atoms with Crippen molar-refractivity contribution in [3.63, 3.8) is 0 Å². The van der Waals surface area contributed by atoms with Crippen LogP contribution in [-0.4, -0.2) is 48.7 Å². The van der Waals surface area contributed by atoms with Crippen LogP contribution in [0.2, 0.25) is 0 Å². The third-order valence-corrected chi connectivity index (χ3v) is 2.04. The molecule has 0 rings (SSSR count). The summed E-state index contributed by atoms with van der Waals surface area (Å²) in [6, 6.07) is 0.0709. The lowest BCUT2D eigenvalue weighted by Gasteiger charge is -2.26. The van der Waals surface area contributed by atoms with Crippen molar-refractivity contribution in [2.45, 2.75) is 46.3 Å². The molecule has 0 aromatic rings. The van der Waals surface area contributed by atoms with Gasteiger partial charge in [-0.25, -0.2) is 0 Å². The molecule has 0 unspecified atom stereocenters. The summed E-state index contributed by atoms with van der Waals surface area (Å²) in [5, 5.41) is 0. The quantitative estimate of drug-likeness (QED) is 0.681. The van der Waals surface area contributed by atoms with E-state index >= 15 is 0 Å². The van der Waals surface area contributed by atoms with Crippen molar-refractivity contribution in [1.29, 1.82) is 0 Å². The highest BCUT2D eigenvalue weighted by molar-refractivity contribution is 5.75. The van der Waals surface area contributed by atoms with Gasteiger partial charge >= 0.3 is 11.9 Å². The number of carbonyl (C=O) groups is 2. The Bertz CT molecular complexity index is 268. The Kier molecular flexibility index (Phi) is 6.16. The zero-order chi connectivity index (χ0) is 13.6. The summed E-state index contributed by atoms with van der Waals surface area (Å²) in [7, 11) is 1.33. The minimum absolute atomic E-state index is 0.0709. The maximum absolute atomic E-state index is 11.6. The van der Waals surface area contributed by atoms with E-state index in [1.807, 2.05) is 34.6 Å². The summed E-state index contributed by atoms with van der Waals surface area (Å²) in [6.45, 7) is 9.43. The summed E-state index contributed by atoms with van der Waals surface area (Å²) in [5.74, 6) is -0.697. The van der Waals surface area contributed by atoms with Crippen LogP contribution in [0.5, 0.6) is 0 Å². The first kappa shape index (κ1) is 15.9. The Balaban J connectivity index is 4.35. The topological polar surface area (TPSA) is 55.8 Å². The third kappa shape index (κ3) is 7.74. The maximum Gasteiger partial charge on any atom is 0.320 e. The highest BCUT2D eigenvalue weighted by atomic mass is 16.6. The molecule has 100 valence electrons. The number of rotatable bonds is 5. The van der Waals surface area contributed by atoms with Gasteiger partial charge in [0.25, 0.3) is 0 Å². The SMILES string of the molecule is COC(=O)CN(CC(=O)OC(C)(C)C)C(C)C. The molecule has 0 aliphatic heterocycles. The number of esters is 2. The molecule has 0 atom stereocenters. The average Bonchev–Trinajstić information content (AvgIpc) is 2.13. The van der Waals surface area contributed by atoms with Crippen molar-refractivity contribution >= 4 is 11.9 Å². The highest BCUT2D eigenvalue weighted by Crippen LogP contribution is 2.08. The van der Waals surface area contributed by atoms with Crippen molar-refractivity contribution in [1.82, 2.24) is 4.90 Å². The largest absolute Gasteiger partial charge is 0.468 e. The van der Waals surface area contributed by atoms with Gasteiger partial charge in [0.05, 0.1) is 20.2 Å². The molecule has 17 heavy (non-hydrogen) atoms. The van der Waals surface area contributed by atoms with E-state index in [-0.39, 0.29) is 31.1 Å². The smallest absolute Gasteiger partial charge is 0.320 e. The molecule has 0 saturated heterocycles. The molecule has 0 aromatic carbocycles. The van der Waals surface area contributed by atoms with Gasteiger partial charge in [-0.2, -0.15) is 0 Å². The van der Waals surface area contributed by atoms with Crippen LogP contribution in [-0.2, 0) is 19.1 Å². The normalized spacial score (nSPS) is 11.8. The average molecular weight is 245 g/mol. The van der Waals surface area contributed by atoms with Gasteiger partial charge in [-0.3, -0.25) is 14.5 Å². The van der Waals surface area contributed by atoms with Crippen LogP contribution >= 0.6 is 0 Å². The molecule has 0 aromatic heterocycles. The standard InChI is InChI=1S/C12H23NO4/c1-9(2)13(7-10(14)16-6)8-11(15)17-12(3,4)5/h9H,7-8H2,1-6H3. The van der Waals surface area contributed by atoms with E-state index in [2.05, 4.69) is 4.74 Å². The number of methoxy groups -OCH3 is 1. The Morgan fingerprint density at radius 3 is 1.94 bits per heavy atom. The minimum atomic E-state index is -0.509. The van der Waals surface area contributed by atoms with Crippen molar-refractivity contribution < 1.29 is 19.1 Å². The molecular weight excluding hydrogens is 222 g/mol. The Hall–Kier alpha value is -1.10.